The van der Waals surface area contributed by atoms with E-state index in [9.17, 15) is 23.1 Å². The highest BCUT2D eigenvalue weighted by Gasteiger charge is 2.35. The second-order valence-corrected chi connectivity index (χ2v) is 6.68. The molecule has 0 aliphatic carbocycles. The molecule has 1 aromatic carbocycles. The second kappa shape index (κ2) is 6.39. The van der Waals surface area contributed by atoms with Crippen molar-refractivity contribution >= 4 is 6.09 Å². The minimum Gasteiger partial charge on any atom is -0.444 e. The fourth-order valence-corrected chi connectivity index (χ4v) is 2.56. The summed E-state index contributed by atoms with van der Waals surface area (Å²) in [4.78, 5) is 13.4. The Bertz CT molecular complexity index is 601. The molecule has 1 amide bonds. The predicted molar refractivity (Wildman–Crippen MR) is 77.2 cm³/mol. The molecule has 1 aliphatic heterocycles. The van der Waals surface area contributed by atoms with Crippen molar-refractivity contribution in [3.63, 3.8) is 0 Å². The van der Waals surface area contributed by atoms with Gasteiger partial charge in [-0.2, -0.15) is 0 Å². The number of hydrogen-bond acceptors (Lipinski definition) is 3. The van der Waals surface area contributed by atoms with Gasteiger partial charge in [0.2, 0.25) is 0 Å². The number of carbonyl (C=O) groups excluding carboxylic acids is 1. The molecule has 1 N–H and O–H groups in total. The van der Waals surface area contributed by atoms with Crippen LogP contribution in [0.5, 0.6) is 0 Å². The number of hydrogen-bond donors (Lipinski definition) is 1. The van der Waals surface area contributed by atoms with E-state index in [1.54, 1.807) is 20.8 Å². The third-order valence-corrected chi connectivity index (χ3v) is 3.71. The van der Waals surface area contributed by atoms with Gasteiger partial charge < -0.3 is 14.7 Å². The lowest BCUT2D eigenvalue weighted by Gasteiger charge is -2.25. The number of ether oxygens (including phenoxy) is 1. The summed E-state index contributed by atoms with van der Waals surface area (Å²) >= 11 is 0. The lowest BCUT2D eigenvalue weighted by molar-refractivity contribution is 0.0267. The lowest BCUT2D eigenvalue weighted by atomic mass is 9.94. The minimum absolute atomic E-state index is 0.161. The summed E-state index contributed by atoms with van der Waals surface area (Å²) in [7, 11) is 0. The molecule has 128 valence electrons. The normalized spacial score (nSPS) is 19.8. The first kappa shape index (κ1) is 17.6. The summed E-state index contributed by atoms with van der Waals surface area (Å²) in [6, 6.07) is 1.80. The van der Waals surface area contributed by atoms with E-state index >= 15 is 0 Å². The number of amides is 1. The molecule has 0 bridgehead atoms. The minimum atomic E-state index is -1.61. The molecule has 23 heavy (non-hydrogen) atoms. The van der Waals surface area contributed by atoms with Crippen molar-refractivity contribution in [1.29, 1.82) is 0 Å². The van der Waals surface area contributed by atoms with E-state index in [-0.39, 0.29) is 12.1 Å². The molecular formula is C16H20F3NO3. The summed E-state index contributed by atoms with van der Waals surface area (Å²) in [5, 5.41) is 10.2. The van der Waals surface area contributed by atoms with E-state index in [4.69, 9.17) is 4.74 Å². The number of halogens is 3. The van der Waals surface area contributed by atoms with E-state index in [0.29, 0.717) is 13.0 Å². The molecule has 2 unspecified atom stereocenters. The van der Waals surface area contributed by atoms with Gasteiger partial charge in [-0.3, -0.25) is 0 Å². The third kappa shape index (κ3) is 3.96. The van der Waals surface area contributed by atoms with Crippen LogP contribution >= 0.6 is 0 Å². The summed E-state index contributed by atoms with van der Waals surface area (Å²) in [6.45, 7) is 5.73. The van der Waals surface area contributed by atoms with Gasteiger partial charge in [-0.15, -0.1) is 0 Å². The summed E-state index contributed by atoms with van der Waals surface area (Å²) in [5.74, 6) is -4.78. The van der Waals surface area contributed by atoms with Gasteiger partial charge in [0.1, 0.15) is 5.60 Å². The van der Waals surface area contributed by atoms with Gasteiger partial charge in [0, 0.05) is 24.6 Å². The summed E-state index contributed by atoms with van der Waals surface area (Å²) < 4.78 is 45.2. The number of likely N-dealkylation sites (tertiary alicyclic amines) is 1. The molecule has 7 heteroatoms. The van der Waals surface area contributed by atoms with E-state index in [2.05, 4.69) is 0 Å². The Balaban J connectivity index is 2.07. The first-order chi connectivity index (χ1) is 10.6. The fourth-order valence-electron chi connectivity index (χ4n) is 2.56. The zero-order chi connectivity index (χ0) is 17.4. The van der Waals surface area contributed by atoms with Crippen LogP contribution < -0.4 is 0 Å². The topological polar surface area (TPSA) is 49.8 Å². The zero-order valence-corrected chi connectivity index (χ0v) is 13.3. The Morgan fingerprint density at radius 3 is 2.57 bits per heavy atom. The van der Waals surface area contributed by atoms with E-state index in [0.717, 1.165) is 12.1 Å². The Morgan fingerprint density at radius 1 is 1.30 bits per heavy atom. The van der Waals surface area contributed by atoms with E-state index in [1.807, 2.05) is 0 Å². The van der Waals surface area contributed by atoms with Gasteiger partial charge in [0.25, 0.3) is 0 Å². The van der Waals surface area contributed by atoms with Crippen LogP contribution in [-0.2, 0) is 4.74 Å². The zero-order valence-electron chi connectivity index (χ0n) is 13.3. The molecule has 2 atom stereocenters. The molecule has 0 saturated carbocycles. The molecule has 2 rings (SSSR count). The highest BCUT2D eigenvalue weighted by Crippen LogP contribution is 2.33. The molecule has 0 spiro atoms. The van der Waals surface area contributed by atoms with Crippen LogP contribution in [0, 0.1) is 23.4 Å². The van der Waals surface area contributed by atoms with Gasteiger partial charge in [-0.25, -0.2) is 18.0 Å². The Kier molecular flexibility index (Phi) is 4.89. The summed E-state index contributed by atoms with van der Waals surface area (Å²) in [5.41, 5.74) is -0.945. The first-order valence-corrected chi connectivity index (χ1v) is 7.39. The van der Waals surface area contributed by atoms with Crippen LogP contribution in [0.15, 0.2) is 12.1 Å². The average molecular weight is 331 g/mol. The highest BCUT2D eigenvalue weighted by atomic mass is 19.2. The predicted octanol–water partition coefficient (Wildman–Crippen LogP) is 3.39. The number of rotatable bonds is 2. The fraction of sp³-hybridized carbons (Fsp3) is 0.562. The smallest absolute Gasteiger partial charge is 0.410 e. The van der Waals surface area contributed by atoms with Gasteiger partial charge >= 0.3 is 6.09 Å². The van der Waals surface area contributed by atoms with Crippen molar-refractivity contribution in [1.82, 2.24) is 4.90 Å². The maximum Gasteiger partial charge on any atom is 0.410 e. The molecule has 1 saturated heterocycles. The van der Waals surface area contributed by atoms with Crippen molar-refractivity contribution < 1.29 is 27.8 Å². The number of nitrogens with zero attached hydrogens (tertiary/aromatic N) is 1. The van der Waals surface area contributed by atoms with Crippen LogP contribution in [0.1, 0.15) is 38.9 Å². The molecule has 0 aromatic heterocycles. The third-order valence-electron chi connectivity index (χ3n) is 3.71. The number of aliphatic hydroxyl groups excluding tert-OH is 1. The lowest BCUT2D eigenvalue weighted by Crippen LogP contribution is -2.35. The van der Waals surface area contributed by atoms with Crippen LogP contribution in [0.25, 0.3) is 0 Å². The SMILES string of the molecule is CC(C)(C)OC(=O)N1CCC(C(O)c2ccc(F)c(F)c2F)C1. The molecule has 0 radical (unpaired) electrons. The standard InChI is InChI=1S/C16H20F3NO3/c1-16(2,3)23-15(22)20-7-6-9(8-20)14(21)10-4-5-11(17)13(19)12(10)18/h4-5,9,14,21H,6-8H2,1-3H3. The Labute approximate surface area is 132 Å². The maximum atomic E-state index is 13.8. The number of carbonyl (C=O) groups is 1. The maximum absolute atomic E-state index is 13.8. The van der Waals surface area contributed by atoms with E-state index < -0.39 is 41.2 Å². The number of benzene rings is 1. The van der Waals surface area contributed by atoms with Gasteiger partial charge in [-0.05, 0) is 33.3 Å². The van der Waals surface area contributed by atoms with Crippen LogP contribution in [-0.4, -0.2) is 34.8 Å². The summed E-state index contributed by atoms with van der Waals surface area (Å²) in [6.07, 6.45) is -1.42. The second-order valence-electron chi connectivity index (χ2n) is 6.68. The number of aliphatic hydroxyl groups is 1. The van der Waals surface area contributed by atoms with Crippen LogP contribution in [0.2, 0.25) is 0 Å². The van der Waals surface area contributed by atoms with Crippen molar-refractivity contribution in [2.75, 3.05) is 13.1 Å². The van der Waals surface area contributed by atoms with Gasteiger partial charge in [0.15, 0.2) is 17.5 Å². The van der Waals surface area contributed by atoms with Crippen LogP contribution in [0.4, 0.5) is 18.0 Å². The van der Waals surface area contributed by atoms with Gasteiger partial charge in [0.05, 0.1) is 6.10 Å². The molecule has 1 aliphatic rings. The van der Waals surface area contributed by atoms with Crippen molar-refractivity contribution in [2.45, 2.75) is 38.9 Å². The van der Waals surface area contributed by atoms with Gasteiger partial charge in [-0.1, -0.05) is 6.07 Å². The molecule has 1 fully saturated rings. The Hall–Kier alpha value is -1.76. The molecule has 1 heterocycles. The highest BCUT2D eigenvalue weighted by molar-refractivity contribution is 5.68. The van der Waals surface area contributed by atoms with Crippen molar-refractivity contribution in [2.24, 2.45) is 5.92 Å². The van der Waals surface area contributed by atoms with Crippen molar-refractivity contribution in [3.05, 3.63) is 35.1 Å². The van der Waals surface area contributed by atoms with Crippen LogP contribution in [0.3, 0.4) is 0 Å². The first-order valence-electron chi connectivity index (χ1n) is 7.39. The molecule has 1 aromatic rings. The monoisotopic (exact) mass is 331 g/mol. The molecule has 4 nitrogen and oxygen atoms in total. The van der Waals surface area contributed by atoms with E-state index in [1.165, 1.54) is 4.90 Å². The Morgan fingerprint density at radius 2 is 1.96 bits per heavy atom. The van der Waals surface area contributed by atoms with Crippen molar-refractivity contribution in [3.8, 4) is 0 Å². The average Bonchev–Trinajstić information content (AvgIpc) is 2.92. The quantitative estimate of drug-likeness (QED) is 0.845. The molecular weight excluding hydrogens is 311 g/mol. The largest absolute Gasteiger partial charge is 0.444 e.